The SMILES string of the molecule is [2H]C([2H])([2H])Oc1c(NCC#C)ccc(C(N)=O)c1CC. The lowest BCUT2D eigenvalue weighted by Crippen LogP contribution is -2.15. The summed E-state index contributed by atoms with van der Waals surface area (Å²) < 4.78 is 26.7. The van der Waals surface area contributed by atoms with Crippen molar-refractivity contribution >= 4 is 11.6 Å². The lowest BCUT2D eigenvalue weighted by atomic mass is 10.0. The van der Waals surface area contributed by atoms with Crippen LogP contribution in [0.2, 0.25) is 0 Å². The van der Waals surface area contributed by atoms with Gasteiger partial charge >= 0.3 is 0 Å². The number of amides is 1. The number of terminal acetylenes is 1. The van der Waals surface area contributed by atoms with Gasteiger partial charge in [-0.1, -0.05) is 12.8 Å². The zero-order valence-corrected chi connectivity index (χ0v) is 9.54. The molecule has 4 nitrogen and oxygen atoms in total. The third-order valence-corrected chi connectivity index (χ3v) is 2.36. The van der Waals surface area contributed by atoms with E-state index in [-0.39, 0.29) is 17.9 Å². The minimum atomic E-state index is -2.63. The summed E-state index contributed by atoms with van der Waals surface area (Å²) in [5.41, 5.74) is 6.38. The molecule has 4 heteroatoms. The summed E-state index contributed by atoms with van der Waals surface area (Å²) in [5.74, 6) is 1.83. The number of hydrogen-bond donors (Lipinski definition) is 2. The first kappa shape index (κ1) is 8.94. The average molecular weight is 235 g/mol. The lowest BCUT2D eigenvalue weighted by molar-refractivity contribution is 0.0999. The van der Waals surface area contributed by atoms with Crippen LogP contribution in [0.1, 0.15) is 27.0 Å². The van der Waals surface area contributed by atoms with E-state index in [0.29, 0.717) is 17.7 Å². The summed E-state index contributed by atoms with van der Waals surface area (Å²) in [6.45, 7) is 1.98. The maximum atomic E-state index is 11.4. The molecule has 0 unspecified atom stereocenters. The smallest absolute Gasteiger partial charge is 0.249 e. The third-order valence-electron chi connectivity index (χ3n) is 2.36. The van der Waals surface area contributed by atoms with Crippen LogP contribution in [0.25, 0.3) is 0 Å². The van der Waals surface area contributed by atoms with Gasteiger partial charge in [-0.2, -0.15) is 0 Å². The number of carbonyl (C=O) groups excluding carboxylic acids is 1. The van der Waals surface area contributed by atoms with Gasteiger partial charge in [-0.15, -0.1) is 6.42 Å². The molecule has 0 saturated heterocycles. The molecule has 0 aliphatic heterocycles. The summed E-state index contributed by atoms with van der Waals surface area (Å²) in [4.78, 5) is 11.4. The van der Waals surface area contributed by atoms with E-state index in [1.165, 1.54) is 12.1 Å². The van der Waals surface area contributed by atoms with Crippen LogP contribution in [0.15, 0.2) is 12.1 Å². The molecule has 0 heterocycles. The summed E-state index contributed by atoms with van der Waals surface area (Å²) >= 11 is 0. The van der Waals surface area contributed by atoms with Crippen LogP contribution < -0.4 is 15.8 Å². The molecule has 0 aromatic heterocycles. The highest BCUT2D eigenvalue weighted by Crippen LogP contribution is 2.31. The number of carbonyl (C=O) groups is 1. The summed E-state index contributed by atoms with van der Waals surface area (Å²) in [6, 6.07) is 3.05. The van der Waals surface area contributed by atoms with E-state index in [1.54, 1.807) is 6.92 Å². The van der Waals surface area contributed by atoms with E-state index in [9.17, 15) is 4.79 Å². The van der Waals surface area contributed by atoms with Crippen molar-refractivity contribution < 1.29 is 13.6 Å². The first-order valence-electron chi connectivity index (χ1n) is 6.62. The Kier molecular flexibility index (Phi) is 3.05. The Morgan fingerprint density at radius 1 is 1.71 bits per heavy atom. The van der Waals surface area contributed by atoms with Gasteiger partial charge in [0.15, 0.2) is 0 Å². The fourth-order valence-corrected chi connectivity index (χ4v) is 1.61. The molecule has 1 rings (SSSR count). The van der Waals surface area contributed by atoms with Crippen molar-refractivity contribution in [3.8, 4) is 18.1 Å². The number of nitrogens with one attached hydrogen (secondary N) is 1. The second-order valence-electron chi connectivity index (χ2n) is 3.35. The van der Waals surface area contributed by atoms with Gasteiger partial charge in [0.1, 0.15) is 5.75 Å². The first-order chi connectivity index (χ1) is 9.30. The molecule has 1 aromatic rings. The van der Waals surface area contributed by atoms with Crippen molar-refractivity contribution in [1.29, 1.82) is 0 Å². The average Bonchev–Trinajstić information content (AvgIpc) is 2.34. The third kappa shape index (κ3) is 2.70. The monoisotopic (exact) mass is 235 g/mol. The molecular formula is C13H16N2O2. The van der Waals surface area contributed by atoms with Crippen LogP contribution in [-0.4, -0.2) is 19.5 Å². The summed E-state index contributed by atoms with van der Waals surface area (Å²) in [7, 11) is -2.63. The maximum Gasteiger partial charge on any atom is 0.249 e. The Hall–Kier alpha value is -2.15. The predicted molar refractivity (Wildman–Crippen MR) is 68.2 cm³/mol. The molecule has 90 valence electrons. The van der Waals surface area contributed by atoms with Crippen LogP contribution in [0.3, 0.4) is 0 Å². The highest BCUT2D eigenvalue weighted by atomic mass is 16.5. The highest BCUT2D eigenvalue weighted by molar-refractivity contribution is 5.96. The molecule has 0 atom stereocenters. The van der Waals surface area contributed by atoms with Gasteiger partial charge in [-0.05, 0) is 18.6 Å². The van der Waals surface area contributed by atoms with Crippen LogP contribution in [0.4, 0.5) is 5.69 Å². The number of ether oxygens (including phenoxy) is 1. The number of hydrogen-bond acceptors (Lipinski definition) is 3. The number of rotatable bonds is 5. The summed E-state index contributed by atoms with van der Waals surface area (Å²) in [5, 5.41) is 2.86. The molecule has 1 amide bonds. The second kappa shape index (κ2) is 5.80. The van der Waals surface area contributed by atoms with Gasteiger partial charge < -0.3 is 15.8 Å². The van der Waals surface area contributed by atoms with E-state index < -0.39 is 12.9 Å². The molecule has 0 fully saturated rings. The molecular weight excluding hydrogens is 216 g/mol. The largest absolute Gasteiger partial charge is 0.494 e. The van der Waals surface area contributed by atoms with E-state index in [2.05, 4.69) is 11.2 Å². The minimum absolute atomic E-state index is 0.0825. The van der Waals surface area contributed by atoms with Crippen LogP contribution in [0.5, 0.6) is 5.75 Å². The maximum absolute atomic E-state index is 11.4. The molecule has 0 aliphatic rings. The summed E-state index contributed by atoms with van der Waals surface area (Å²) in [6.07, 6.45) is 5.56. The molecule has 17 heavy (non-hydrogen) atoms. The minimum Gasteiger partial charge on any atom is -0.494 e. The molecule has 0 radical (unpaired) electrons. The molecule has 0 saturated carbocycles. The topological polar surface area (TPSA) is 64.3 Å². The molecule has 0 aliphatic carbocycles. The number of benzene rings is 1. The van der Waals surface area contributed by atoms with E-state index in [4.69, 9.17) is 21.0 Å². The molecule has 1 aromatic carbocycles. The lowest BCUT2D eigenvalue weighted by Gasteiger charge is -2.15. The van der Waals surface area contributed by atoms with Gasteiger partial charge in [0.2, 0.25) is 5.91 Å². The van der Waals surface area contributed by atoms with Crippen molar-refractivity contribution in [3.63, 3.8) is 0 Å². The fourth-order valence-electron chi connectivity index (χ4n) is 1.61. The second-order valence-corrected chi connectivity index (χ2v) is 3.35. The first-order valence-corrected chi connectivity index (χ1v) is 5.12. The van der Waals surface area contributed by atoms with E-state index in [0.717, 1.165) is 0 Å². The highest BCUT2D eigenvalue weighted by Gasteiger charge is 2.15. The standard InChI is InChI=1S/C13H16N2O2/c1-4-8-15-11-7-6-10(13(14)16)9(5-2)12(11)17-3/h1,6-7,15H,5,8H2,2-3H3,(H2,14,16)/i3D3. The fraction of sp³-hybridized carbons (Fsp3) is 0.308. The van der Waals surface area contributed by atoms with Crippen molar-refractivity contribution in [3.05, 3.63) is 23.3 Å². The number of primary amides is 1. The van der Waals surface area contributed by atoms with Gasteiger partial charge in [0.05, 0.1) is 23.4 Å². The zero-order chi connectivity index (χ0) is 15.3. The number of nitrogens with two attached hydrogens (primary N) is 1. The van der Waals surface area contributed by atoms with Crippen molar-refractivity contribution in [2.24, 2.45) is 5.73 Å². The van der Waals surface area contributed by atoms with Crippen molar-refractivity contribution in [1.82, 2.24) is 0 Å². The Balaban J connectivity index is 3.39. The Morgan fingerprint density at radius 2 is 2.47 bits per heavy atom. The van der Waals surface area contributed by atoms with Gasteiger partial charge in [0, 0.05) is 11.1 Å². The van der Waals surface area contributed by atoms with E-state index in [1.807, 2.05) is 0 Å². The van der Waals surface area contributed by atoms with Crippen LogP contribution in [-0.2, 0) is 6.42 Å². The van der Waals surface area contributed by atoms with Crippen LogP contribution in [0, 0.1) is 12.3 Å². The van der Waals surface area contributed by atoms with Crippen molar-refractivity contribution in [2.75, 3.05) is 18.9 Å². The van der Waals surface area contributed by atoms with Crippen LogP contribution >= 0.6 is 0 Å². The Labute approximate surface area is 105 Å². The molecule has 0 spiro atoms. The quantitative estimate of drug-likeness (QED) is 0.758. The van der Waals surface area contributed by atoms with Gasteiger partial charge in [0.25, 0.3) is 0 Å². The normalized spacial score (nSPS) is 12.8. The zero-order valence-electron chi connectivity index (χ0n) is 12.5. The molecule has 0 bridgehead atoms. The Morgan fingerprint density at radius 3 is 3.00 bits per heavy atom. The predicted octanol–water partition coefficient (Wildman–Crippen LogP) is 1.40. The van der Waals surface area contributed by atoms with Gasteiger partial charge in [-0.25, -0.2) is 0 Å². The number of anilines is 1. The van der Waals surface area contributed by atoms with Crippen molar-refractivity contribution in [2.45, 2.75) is 13.3 Å². The molecule has 3 N–H and O–H groups in total. The van der Waals surface area contributed by atoms with E-state index >= 15 is 0 Å². The Bertz CT molecular complexity index is 548. The number of methoxy groups -OCH3 is 1. The van der Waals surface area contributed by atoms with Gasteiger partial charge in [-0.3, -0.25) is 4.79 Å².